The molecule has 0 aliphatic heterocycles. The monoisotopic (exact) mass is 264 g/mol. The number of pyridine rings is 1. The summed E-state index contributed by atoms with van der Waals surface area (Å²) in [7, 11) is 0. The van der Waals surface area contributed by atoms with E-state index in [1.807, 2.05) is 48.7 Å². The van der Waals surface area contributed by atoms with Crippen LogP contribution in [-0.2, 0) is 0 Å². The highest BCUT2D eigenvalue weighted by atomic mass is 16.4. The fourth-order valence-electron chi connectivity index (χ4n) is 1.98. The van der Waals surface area contributed by atoms with Crippen LogP contribution in [0.1, 0.15) is 5.56 Å². The molecule has 20 heavy (non-hydrogen) atoms. The van der Waals surface area contributed by atoms with Gasteiger partial charge in [-0.25, -0.2) is 4.68 Å². The first-order chi connectivity index (χ1) is 9.88. The zero-order chi connectivity index (χ0) is 13.8. The summed E-state index contributed by atoms with van der Waals surface area (Å²) in [4.78, 5) is 4.09. The van der Waals surface area contributed by atoms with Crippen molar-refractivity contribution in [1.29, 1.82) is 0 Å². The van der Waals surface area contributed by atoms with E-state index in [9.17, 15) is 0 Å². The van der Waals surface area contributed by atoms with E-state index >= 15 is 0 Å². The SMILES string of the molecule is ON=Cc1cn(-c2ccccc2)nc1-c1cccnc1. The third kappa shape index (κ3) is 2.29. The van der Waals surface area contributed by atoms with Gasteiger partial charge in [-0.15, -0.1) is 0 Å². The van der Waals surface area contributed by atoms with E-state index in [4.69, 9.17) is 5.21 Å². The number of oxime groups is 1. The quantitative estimate of drug-likeness (QED) is 0.449. The molecule has 0 fully saturated rings. The number of hydrogen-bond acceptors (Lipinski definition) is 4. The summed E-state index contributed by atoms with van der Waals surface area (Å²) in [6, 6.07) is 13.5. The molecule has 0 aliphatic carbocycles. The summed E-state index contributed by atoms with van der Waals surface area (Å²) in [6.07, 6.45) is 6.62. The minimum atomic E-state index is 0.722. The third-order valence-electron chi connectivity index (χ3n) is 2.90. The van der Waals surface area contributed by atoms with Crippen LogP contribution in [0, 0.1) is 0 Å². The molecule has 0 saturated heterocycles. The third-order valence-corrected chi connectivity index (χ3v) is 2.90. The van der Waals surface area contributed by atoms with Crippen LogP contribution in [0.4, 0.5) is 0 Å². The maximum absolute atomic E-state index is 8.79. The molecule has 0 radical (unpaired) electrons. The van der Waals surface area contributed by atoms with E-state index in [2.05, 4.69) is 15.2 Å². The van der Waals surface area contributed by atoms with Gasteiger partial charge in [0.25, 0.3) is 0 Å². The van der Waals surface area contributed by atoms with Crippen LogP contribution in [0.2, 0.25) is 0 Å². The number of hydrogen-bond donors (Lipinski definition) is 1. The molecule has 2 aromatic heterocycles. The highest BCUT2D eigenvalue weighted by Crippen LogP contribution is 2.21. The van der Waals surface area contributed by atoms with E-state index in [0.29, 0.717) is 0 Å². The van der Waals surface area contributed by atoms with Crippen molar-refractivity contribution in [1.82, 2.24) is 14.8 Å². The minimum absolute atomic E-state index is 0.722. The molecule has 5 nitrogen and oxygen atoms in total. The Labute approximate surface area is 115 Å². The Kier molecular flexibility index (Phi) is 3.24. The van der Waals surface area contributed by atoms with Crippen molar-refractivity contribution < 1.29 is 5.21 Å². The molecular weight excluding hydrogens is 252 g/mol. The minimum Gasteiger partial charge on any atom is -0.411 e. The van der Waals surface area contributed by atoms with Crippen LogP contribution in [0.3, 0.4) is 0 Å². The van der Waals surface area contributed by atoms with E-state index in [0.717, 1.165) is 22.5 Å². The summed E-state index contributed by atoms with van der Waals surface area (Å²) >= 11 is 0. The van der Waals surface area contributed by atoms with Crippen molar-refractivity contribution in [3.05, 3.63) is 66.6 Å². The Bertz CT molecular complexity index is 720. The van der Waals surface area contributed by atoms with Gasteiger partial charge in [-0.05, 0) is 24.3 Å². The Hall–Kier alpha value is -2.95. The summed E-state index contributed by atoms with van der Waals surface area (Å²) in [5, 5.41) is 16.4. The van der Waals surface area contributed by atoms with E-state index in [1.165, 1.54) is 6.21 Å². The van der Waals surface area contributed by atoms with Gasteiger partial charge in [0.15, 0.2) is 0 Å². The lowest BCUT2D eigenvalue weighted by Crippen LogP contribution is -1.94. The summed E-state index contributed by atoms with van der Waals surface area (Å²) < 4.78 is 1.75. The molecule has 5 heteroatoms. The number of nitrogens with zero attached hydrogens (tertiary/aromatic N) is 4. The molecule has 1 N–H and O–H groups in total. The van der Waals surface area contributed by atoms with Gasteiger partial charge >= 0.3 is 0 Å². The Morgan fingerprint density at radius 3 is 2.65 bits per heavy atom. The second-order valence-electron chi connectivity index (χ2n) is 4.20. The van der Waals surface area contributed by atoms with Gasteiger partial charge in [-0.2, -0.15) is 5.10 Å². The predicted molar refractivity (Wildman–Crippen MR) is 76.2 cm³/mol. The van der Waals surface area contributed by atoms with E-state index in [1.54, 1.807) is 17.1 Å². The molecule has 1 aromatic carbocycles. The van der Waals surface area contributed by atoms with Crippen LogP contribution in [0.15, 0.2) is 66.2 Å². The van der Waals surface area contributed by atoms with Gasteiger partial charge in [-0.3, -0.25) is 4.98 Å². The predicted octanol–water partition coefficient (Wildman–Crippen LogP) is 2.74. The Morgan fingerprint density at radius 1 is 1.10 bits per heavy atom. The van der Waals surface area contributed by atoms with Gasteiger partial charge in [0, 0.05) is 29.7 Å². The highest BCUT2D eigenvalue weighted by molar-refractivity contribution is 5.88. The smallest absolute Gasteiger partial charge is 0.103 e. The van der Waals surface area contributed by atoms with Crippen molar-refractivity contribution in [3.63, 3.8) is 0 Å². The van der Waals surface area contributed by atoms with Crippen LogP contribution >= 0.6 is 0 Å². The molecule has 0 saturated carbocycles. The first-order valence-electron chi connectivity index (χ1n) is 6.11. The van der Waals surface area contributed by atoms with Gasteiger partial charge < -0.3 is 5.21 Å². The summed E-state index contributed by atoms with van der Waals surface area (Å²) in [5.41, 5.74) is 3.26. The maximum atomic E-state index is 8.79. The van der Waals surface area contributed by atoms with E-state index < -0.39 is 0 Å². The highest BCUT2D eigenvalue weighted by Gasteiger charge is 2.10. The molecule has 0 bridgehead atoms. The lowest BCUT2D eigenvalue weighted by molar-refractivity contribution is 0.322. The number of para-hydroxylation sites is 1. The van der Waals surface area contributed by atoms with Crippen LogP contribution in [0.5, 0.6) is 0 Å². The average molecular weight is 264 g/mol. The van der Waals surface area contributed by atoms with Crippen LogP contribution < -0.4 is 0 Å². The van der Waals surface area contributed by atoms with Crippen molar-refractivity contribution in [3.8, 4) is 16.9 Å². The largest absolute Gasteiger partial charge is 0.411 e. The molecule has 2 heterocycles. The fraction of sp³-hybridized carbons (Fsp3) is 0. The molecule has 0 unspecified atom stereocenters. The first-order valence-corrected chi connectivity index (χ1v) is 6.11. The van der Waals surface area contributed by atoms with Gasteiger partial charge in [0.1, 0.15) is 5.69 Å². The van der Waals surface area contributed by atoms with Gasteiger partial charge in [-0.1, -0.05) is 23.4 Å². The Morgan fingerprint density at radius 2 is 1.95 bits per heavy atom. The van der Waals surface area contributed by atoms with Crippen molar-refractivity contribution in [2.45, 2.75) is 0 Å². The zero-order valence-electron chi connectivity index (χ0n) is 10.6. The van der Waals surface area contributed by atoms with Crippen molar-refractivity contribution in [2.24, 2.45) is 5.16 Å². The second-order valence-corrected chi connectivity index (χ2v) is 4.20. The number of rotatable bonds is 3. The normalized spacial score (nSPS) is 11.0. The van der Waals surface area contributed by atoms with Crippen molar-refractivity contribution in [2.75, 3.05) is 0 Å². The molecule has 98 valence electrons. The summed E-state index contributed by atoms with van der Waals surface area (Å²) in [6.45, 7) is 0. The van der Waals surface area contributed by atoms with E-state index in [-0.39, 0.29) is 0 Å². The van der Waals surface area contributed by atoms with Gasteiger partial charge in [0.2, 0.25) is 0 Å². The molecule has 3 aromatic rings. The first kappa shape index (κ1) is 12.1. The second kappa shape index (κ2) is 5.36. The molecule has 0 spiro atoms. The van der Waals surface area contributed by atoms with Crippen LogP contribution in [0.25, 0.3) is 16.9 Å². The molecule has 0 amide bonds. The molecule has 0 aliphatic rings. The number of aromatic nitrogens is 3. The zero-order valence-corrected chi connectivity index (χ0v) is 10.6. The lowest BCUT2D eigenvalue weighted by atomic mass is 10.1. The van der Waals surface area contributed by atoms with Crippen LogP contribution in [-0.4, -0.2) is 26.2 Å². The molecule has 3 rings (SSSR count). The van der Waals surface area contributed by atoms with Gasteiger partial charge in [0.05, 0.1) is 11.9 Å². The maximum Gasteiger partial charge on any atom is 0.103 e. The fourth-order valence-corrected chi connectivity index (χ4v) is 1.98. The topological polar surface area (TPSA) is 63.3 Å². The summed E-state index contributed by atoms with van der Waals surface area (Å²) in [5.74, 6) is 0. The lowest BCUT2D eigenvalue weighted by Gasteiger charge is -1.99. The molecular formula is C15H12N4O. The standard InChI is InChI=1S/C15H12N4O/c20-17-10-13-11-19(14-6-2-1-3-7-14)18-15(13)12-5-4-8-16-9-12/h1-11,20H. The van der Waals surface area contributed by atoms with Crippen molar-refractivity contribution >= 4 is 6.21 Å². The average Bonchev–Trinajstić information content (AvgIpc) is 2.94. The number of benzene rings is 1. The molecule has 0 atom stereocenters. The Balaban J connectivity index is 2.13.